The summed E-state index contributed by atoms with van der Waals surface area (Å²) in [4.78, 5) is 49.8. The maximum Gasteiger partial charge on any atom is 0.490 e. The Balaban J connectivity index is 0.000000782. The lowest BCUT2D eigenvalue weighted by Gasteiger charge is -2.14. The average Bonchev–Trinajstić information content (AvgIpc) is 2.92. The summed E-state index contributed by atoms with van der Waals surface area (Å²) in [5.74, 6) is -4.78. The molecule has 0 saturated heterocycles. The zero-order valence-electron chi connectivity index (χ0n) is 22.3. The van der Waals surface area contributed by atoms with Crippen LogP contribution in [0.25, 0.3) is 0 Å². The molecule has 0 fully saturated rings. The number of benzene rings is 2. The molecule has 0 aliphatic rings. The van der Waals surface area contributed by atoms with Gasteiger partial charge in [0.25, 0.3) is 11.5 Å². The van der Waals surface area contributed by atoms with E-state index < -0.39 is 35.6 Å². The molecule has 0 radical (unpaired) electrons. The Kier molecular flexibility index (Phi) is 12.3. The summed E-state index contributed by atoms with van der Waals surface area (Å²) >= 11 is 0. The number of hydrogen-bond donors (Lipinski definition) is 5. The van der Waals surface area contributed by atoms with Crippen LogP contribution in [-0.4, -0.2) is 57.3 Å². The molecule has 0 bridgehead atoms. The molecule has 3 aromatic rings. The first-order chi connectivity index (χ1) is 19.8. The highest BCUT2D eigenvalue weighted by molar-refractivity contribution is 5.96. The van der Waals surface area contributed by atoms with Crippen molar-refractivity contribution in [3.8, 4) is 0 Å². The summed E-state index contributed by atoms with van der Waals surface area (Å²) in [5.41, 5.74) is 13.2. The zero-order chi connectivity index (χ0) is 31.3. The smallest absolute Gasteiger partial charge is 0.480 e. The number of aliphatic carboxylic acids is 2. The van der Waals surface area contributed by atoms with E-state index in [9.17, 15) is 32.7 Å². The second kappa shape index (κ2) is 15.6. The van der Waals surface area contributed by atoms with E-state index in [0.29, 0.717) is 6.42 Å². The van der Waals surface area contributed by atoms with E-state index in [0.717, 1.165) is 17.5 Å². The third kappa shape index (κ3) is 11.2. The minimum absolute atomic E-state index is 0.0865. The van der Waals surface area contributed by atoms with Crippen LogP contribution in [0, 0.1) is 0 Å². The Morgan fingerprint density at radius 2 is 1.48 bits per heavy atom. The fourth-order valence-corrected chi connectivity index (χ4v) is 3.62. The van der Waals surface area contributed by atoms with Crippen molar-refractivity contribution < 1.29 is 37.8 Å². The highest BCUT2D eigenvalue weighted by Gasteiger charge is 2.38. The number of alkyl halides is 3. The number of guanidine groups is 1. The molecular weight excluding hydrogens is 559 g/mol. The average molecular weight is 590 g/mol. The first-order valence-corrected chi connectivity index (χ1v) is 12.5. The number of rotatable bonds is 11. The minimum atomic E-state index is -5.08. The standard InChI is InChI=1S/C26H29N5O4.C2HF3O2/c27-26(28)29-14-4-9-22(25(34)35)30-23(32)21-8-5-15-31(24(21)33)17-20-12-10-19(11-13-20)16-18-6-2-1-3-7-18;3-2(4,5)1(6)7/h1-3,5-8,10-13,15,22H,4,9,14,16-17H2,(H,30,32)(H,34,35)(H4,27,28,29);(H,6,7)/t22-;/m0./s1. The van der Waals surface area contributed by atoms with Crippen LogP contribution in [0.15, 0.2) is 82.7 Å². The highest BCUT2D eigenvalue weighted by atomic mass is 19.4. The topological polar surface area (TPSA) is 190 Å². The number of halogens is 3. The number of carbonyl (C=O) groups is 3. The third-order valence-corrected chi connectivity index (χ3v) is 5.68. The predicted octanol–water partition coefficient (Wildman–Crippen LogP) is 2.36. The molecule has 42 heavy (non-hydrogen) atoms. The third-order valence-electron chi connectivity index (χ3n) is 5.68. The molecule has 0 aliphatic heterocycles. The van der Waals surface area contributed by atoms with Crippen LogP contribution in [0.3, 0.4) is 0 Å². The molecule has 11 nitrogen and oxygen atoms in total. The summed E-state index contributed by atoms with van der Waals surface area (Å²) in [6.45, 7) is 0.525. The normalized spacial score (nSPS) is 11.4. The van der Waals surface area contributed by atoms with Crippen LogP contribution in [0.4, 0.5) is 13.2 Å². The van der Waals surface area contributed by atoms with Crippen molar-refractivity contribution in [2.45, 2.75) is 38.0 Å². The number of aromatic nitrogens is 1. The molecule has 0 spiro atoms. The molecule has 1 atom stereocenters. The number of amides is 1. The summed E-state index contributed by atoms with van der Waals surface area (Å²) < 4.78 is 33.2. The molecular formula is C28H30F3N5O6. The number of carboxylic acids is 2. The number of nitrogens with one attached hydrogen (secondary N) is 1. The number of aliphatic imine (C=N–C) groups is 1. The van der Waals surface area contributed by atoms with Crippen molar-refractivity contribution in [2.75, 3.05) is 6.54 Å². The van der Waals surface area contributed by atoms with Gasteiger partial charge >= 0.3 is 18.1 Å². The van der Waals surface area contributed by atoms with Gasteiger partial charge in [-0.05, 0) is 48.1 Å². The second-order valence-electron chi connectivity index (χ2n) is 8.95. The minimum Gasteiger partial charge on any atom is -0.480 e. The molecule has 1 aromatic heterocycles. The summed E-state index contributed by atoms with van der Waals surface area (Å²) in [7, 11) is 0. The summed E-state index contributed by atoms with van der Waals surface area (Å²) in [6.07, 6.45) is -2.20. The van der Waals surface area contributed by atoms with E-state index >= 15 is 0 Å². The van der Waals surface area contributed by atoms with Gasteiger partial charge in [-0.25, -0.2) is 9.59 Å². The van der Waals surface area contributed by atoms with E-state index in [1.165, 1.54) is 16.2 Å². The van der Waals surface area contributed by atoms with Crippen molar-refractivity contribution in [1.29, 1.82) is 0 Å². The maximum atomic E-state index is 12.9. The van der Waals surface area contributed by atoms with Crippen molar-refractivity contribution in [3.63, 3.8) is 0 Å². The molecule has 0 unspecified atom stereocenters. The molecule has 14 heteroatoms. The Hall–Kier alpha value is -5.14. The molecule has 0 saturated carbocycles. The Bertz CT molecular complexity index is 1440. The van der Waals surface area contributed by atoms with E-state index in [1.807, 2.05) is 42.5 Å². The lowest BCUT2D eigenvalue weighted by Crippen LogP contribution is -2.43. The Labute approximate surface area is 238 Å². The monoisotopic (exact) mass is 589 g/mol. The lowest BCUT2D eigenvalue weighted by atomic mass is 10.0. The Morgan fingerprint density at radius 3 is 2.02 bits per heavy atom. The molecule has 3 rings (SSSR count). The lowest BCUT2D eigenvalue weighted by molar-refractivity contribution is -0.192. The molecule has 1 amide bonds. The quantitative estimate of drug-likeness (QED) is 0.128. The number of nitrogens with zero attached hydrogens (tertiary/aromatic N) is 2. The number of carboxylic acid groups (broad SMARTS) is 2. The first-order valence-electron chi connectivity index (χ1n) is 12.5. The zero-order valence-corrected chi connectivity index (χ0v) is 22.3. The van der Waals surface area contributed by atoms with Gasteiger partial charge in [0, 0.05) is 12.7 Å². The van der Waals surface area contributed by atoms with Gasteiger partial charge in [-0.1, -0.05) is 54.6 Å². The maximum absolute atomic E-state index is 12.9. The summed E-state index contributed by atoms with van der Waals surface area (Å²) in [5, 5.41) is 19.0. The van der Waals surface area contributed by atoms with Gasteiger partial charge < -0.3 is 31.6 Å². The van der Waals surface area contributed by atoms with Crippen LogP contribution in [0.1, 0.15) is 39.9 Å². The van der Waals surface area contributed by atoms with Crippen LogP contribution >= 0.6 is 0 Å². The van der Waals surface area contributed by atoms with E-state index in [2.05, 4.69) is 22.4 Å². The van der Waals surface area contributed by atoms with E-state index in [4.69, 9.17) is 21.4 Å². The van der Waals surface area contributed by atoms with E-state index in [1.54, 1.807) is 12.3 Å². The first kappa shape index (κ1) is 33.1. The fraction of sp³-hybridized carbons (Fsp3) is 0.250. The van der Waals surface area contributed by atoms with Gasteiger partial charge in [-0.3, -0.25) is 14.6 Å². The molecule has 224 valence electrons. The van der Waals surface area contributed by atoms with Gasteiger partial charge in [0.15, 0.2) is 5.96 Å². The Morgan fingerprint density at radius 1 is 0.905 bits per heavy atom. The predicted molar refractivity (Wildman–Crippen MR) is 148 cm³/mol. The van der Waals surface area contributed by atoms with Crippen molar-refractivity contribution >= 4 is 23.8 Å². The van der Waals surface area contributed by atoms with Crippen LogP contribution < -0.4 is 22.3 Å². The van der Waals surface area contributed by atoms with Crippen molar-refractivity contribution in [2.24, 2.45) is 16.5 Å². The number of carbonyl (C=O) groups excluding carboxylic acids is 1. The molecule has 2 aromatic carbocycles. The molecule has 0 aliphatic carbocycles. The van der Waals surface area contributed by atoms with Crippen LogP contribution in [-0.2, 0) is 22.6 Å². The van der Waals surface area contributed by atoms with Crippen molar-refractivity contribution in [1.82, 2.24) is 9.88 Å². The van der Waals surface area contributed by atoms with Gasteiger partial charge in [-0.15, -0.1) is 0 Å². The van der Waals surface area contributed by atoms with Gasteiger partial charge in [0.05, 0.1) is 6.54 Å². The van der Waals surface area contributed by atoms with Gasteiger partial charge in [0.1, 0.15) is 11.6 Å². The van der Waals surface area contributed by atoms with Crippen LogP contribution in [0.5, 0.6) is 0 Å². The number of hydrogen-bond acceptors (Lipinski definition) is 5. The fourth-order valence-electron chi connectivity index (χ4n) is 3.62. The number of nitrogens with two attached hydrogens (primary N) is 2. The van der Waals surface area contributed by atoms with Gasteiger partial charge in [0.2, 0.25) is 0 Å². The van der Waals surface area contributed by atoms with E-state index in [-0.39, 0.29) is 31.0 Å². The summed E-state index contributed by atoms with van der Waals surface area (Å²) in [6, 6.07) is 19.9. The van der Waals surface area contributed by atoms with Crippen LogP contribution in [0.2, 0.25) is 0 Å². The number of pyridine rings is 1. The molecule has 1 heterocycles. The molecule has 7 N–H and O–H groups in total. The van der Waals surface area contributed by atoms with Gasteiger partial charge in [-0.2, -0.15) is 13.2 Å². The largest absolute Gasteiger partial charge is 0.490 e. The highest BCUT2D eigenvalue weighted by Crippen LogP contribution is 2.13. The second-order valence-corrected chi connectivity index (χ2v) is 8.95. The van der Waals surface area contributed by atoms with Crippen molar-refractivity contribution in [3.05, 3.63) is 106 Å². The SMILES string of the molecule is NC(N)=NCCC[C@H](NC(=O)c1cccn(Cc2ccc(Cc3ccccc3)cc2)c1=O)C(=O)O.O=C(O)C(F)(F)F.